The number of anilines is 1. The predicted octanol–water partition coefficient (Wildman–Crippen LogP) is 1.88. The Kier molecular flexibility index (Phi) is 4.77. The van der Waals surface area contributed by atoms with E-state index in [9.17, 15) is 0 Å². The van der Waals surface area contributed by atoms with Crippen LogP contribution in [0.3, 0.4) is 0 Å². The number of piperazine rings is 1. The molecular weight excluding hydrogens is 246 g/mol. The Bertz CT molecular complexity index is 416. The Morgan fingerprint density at radius 2 is 1.78 bits per heavy atom. The van der Waals surface area contributed by atoms with Crippen molar-refractivity contribution in [1.29, 1.82) is 0 Å². The highest BCUT2D eigenvalue weighted by molar-refractivity contribution is 7.71. The van der Waals surface area contributed by atoms with E-state index < -0.39 is 0 Å². The SMILES string of the molecule is CCCN1CCN(c2n[nH]c(=S)n2CCC)CC1. The minimum Gasteiger partial charge on any atom is -0.338 e. The lowest BCUT2D eigenvalue weighted by Gasteiger charge is -2.35. The number of H-pyrrole nitrogens is 1. The van der Waals surface area contributed by atoms with Crippen molar-refractivity contribution >= 4 is 18.2 Å². The van der Waals surface area contributed by atoms with Crippen molar-refractivity contribution in [3.8, 4) is 0 Å². The molecule has 0 amide bonds. The molecule has 1 N–H and O–H groups in total. The van der Waals surface area contributed by atoms with Crippen LogP contribution < -0.4 is 4.90 Å². The summed E-state index contributed by atoms with van der Waals surface area (Å²) in [7, 11) is 0. The molecule has 0 atom stereocenters. The normalized spacial score (nSPS) is 17.3. The highest BCUT2D eigenvalue weighted by Crippen LogP contribution is 2.14. The van der Waals surface area contributed by atoms with Gasteiger partial charge in [-0.15, -0.1) is 5.10 Å². The van der Waals surface area contributed by atoms with Crippen LogP contribution >= 0.6 is 12.2 Å². The predicted molar refractivity (Wildman–Crippen MR) is 76.6 cm³/mol. The van der Waals surface area contributed by atoms with Crippen LogP contribution in [0, 0.1) is 4.77 Å². The summed E-state index contributed by atoms with van der Waals surface area (Å²) in [6, 6.07) is 0. The average Bonchev–Trinajstić information content (AvgIpc) is 2.73. The zero-order valence-corrected chi connectivity index (χ0v) is 12.2. The molecule has 0 radical (unpaired) electrons. The van der Waals surface area contributed by atoms with Crippen LogP contribution in [0.1, 0.15) is 26.7 Å². The molecule has 0 saturated carbocycles. The van der Waals surface area contributed by atoms with Crippen molar-refractivity contribution in [2.75, 3.05) is 37.6 Å². The summed E-state index contributed by atoms with van der Waals surface area (Å²) < 4.78 is 2.85. The molecule has 1 saturated heterocycles. The number of hydrogen-bond donors (Lipinski definition) is 1. The molecule has 5 nitrogen and oxygen atoms in total. The van der Waals surface area contributed by atoms with Crippen molar-refractivity contribution in [3.63, 3.8) is 0 Å². The van der Waals surface area contributed by atoms with Gasteiger partial charge in [0.2, 0.25) is 5.95 Å². The quantitative estimate of drug-likeness (QED) is 0.829. The molecule has 0 aliphatic carbocycles. The molecule has 0 unspecified atom stereocenters. The molecular formula is C12H23N5S. The van der Waals surface area contributed by atoms with E-state index in [0.29, 0.717) is 0 Å². The summed E-state index contributed by atoms with van der Waals surface area (Å²) in [4.78, 5) is 4.86. The Morgan fingerprint density at radius 3 is 2.39 bits per heavy atom. The topological polar surface area (TPSA) is 40.1 Å². The van der Waals surface area contributed by atoms with Gasteiger partial charge in [0.1, 0.15) is 0 Å². The number of aromatic amines is 1. The van der Waals surface area contributed by atoms with Gasteiger partial charge in [-0.2, -0.15) is 0 Å². The van der Waals surface area contributed by atoms with E-state index >= 15 is 0 Å². The highest BCUT2D eigenvalue weighted by Gasteiger charge is 2.20. The number of nitrogens with one attached hydrogen (secondary N) is 1. The first-order valence-electron chi connectivity index (χ1n) is 6.88. The second-order valence-corrected chi connectivity index (χ2v) is 5.20. The highest BCUT2D eigenvalue weighted by atomic mass is 32.1. The van der Waals surface area contributed by atoms with Gasteiger partial charge >= 0.3 is 0 Å². The van der Waals surface area contributed by atoms with Crippen molar-refractivity contribution < 1.29 is 0 Å². The Hall–Kier alpha value is -0.880. The van der Waals surface area contributed by atoms with Crippen LogP contribution in [0.4, 0.5) is 5.95 Å². The Labute approximate surface area is 114 Å². The van der Waals surface area contributed by atoms with Crippen LogP contribution in [0.15, 0.2) is 0 Å². The van der Waals surface area contributed by atoms with Crippen molar-refractivity contribution in [1.82, 2.24) is 19.7 Å². The van der Waals surface area contributed by atoms with E-state index in [1.807, 2.05) is 0 Å². The van der Waals surface area contributed by atoms with Crippen LogP contribution in [-0.4, -0.2) is 52.4 Å². The van der Waals surface area contributed by atoms with E-state index in [0.717, 1.165) is 49.9 Å². The summed E-state index contributed by atoms with van der Waals surface area (Å²) >= 11 is 5.28. The molecule has 18 heavy (non-hydrogen) atoms. The number of nitrogens with zero attached hydrogens (tertiary/aromatic N) is 4. The third kappa shape index (κ3) is 2.92. The van der Waals surface area contributed by atoms with Gasteiger partial charge in [0, 0.05) is 32.7 Å². The van der Waals surface area contributed by atoms with Gasteiger partial charge in [-0.05, 0) is 31.6 Å². The Balaban J connectivity index is 2.03. The molecule has 0 bridgehead atoms. The molecule has 1 aliphatic heterocycles. The number of rotatable bonds is 5. The second kappa shape index (κ2) is 6.33. The van der Waals surface area contributed by atoms with Crippen molar-refractivity contribution in [2.24, 2.45) is 0 Å². The number of hydrogen-bond acceptors (Lipinski definition) is 4. The van der Waals surface area contributed by atoms with Gasteiger partial charge in [-0.1, -0.05) is 13.8 Å². The van der Waals surface area contributed by atoms with E-state index in [1.54, 1.807) is 0 Å². The fourth-order valence-electron chi connectivity index (χ4n) is 2.46. The summed E-state index contributed by atoms with van der Waals surface area (Å²) in [5.41, 5.74) is 0. The fraction of sp³-hybridized carbons (Fsp3) is 0.833. The molecule has 102 valence electrons. The van der Waals surface area contributed by atoms with Gasteiger partial charge in [0.05, 0.1) is 0 Å². The first-order chi connectivity index (χ1) is 8.76. The van der Waals surface area contributed by atoms with Gasteiger partial charge in [0.15, 0.2) is 4.77 Å². The lowest BCUT2D eigenvalue weighted by atomic mass is 10.3. The van der Waals surface area contributed by atoms with E-state index in [4.69, 9.17) is 12.2 Å². The van der Waals surface area contributed by atoms with Crippen LogP contribution in [0.2, 0.25) is 0 Å². The molecule has 2 rings (SSSR count). The van der Waals surface area contributed by atoms with Crippen LogP contribution in [-0.2, 0) is 6.54 Å². The zero-order valence-electron chi connectivity index (χ0n) is 11.4. The maximum atomic E-state index is 5.28. The van der Waals surface area contributed by atoms with Crippen molar-refractivity contribution in [3.05, 3.63) is 4.77 Å². The van der Waals surface area contributed by atoms with E-state index in [1.165, 1.54) is 13.0 Å². The Morgan fingerprint density at radius 1 is 1.11 bits per heavy atom. The first kappa shape index (κ1) is 13.5. The fourth-order valence-corrected chi connectivity index (χ4v) is 2.68. The standard InChI is InChI=1S/C12H23N5S/c1-3-5-15-7-9-16(10-8-15)11-13-14-12(18)17(11)6-4-2/h3-10H2,1-2H3,(H,14,18). The molecule has 1 aliphatic rings. The zero-order chi connectivity index (χ0) is 13.0. The maximum Gasteiger partial charge on any atom is 0.225 e. The molecule has 1 aromatic heterocycles. The van der Waals surface area contributed by atoms with E-state index in [2.05, 4.69) is 38.4 Å². The smallest absolute Gasteiger partial charge is 0.225 e. The van der Waals surface area contributed by atoms with Gasteiger partial charge in [-0.25, -0.2) is 5.10 Å². The molecule has 6 heteroatoms. The largest absolute Gasteiger partial charge is 0.338 e. The van der Waals surface area contributed by atoms with Crippen LogP contribution in [0.25, 0.3) is 0 Å². The van der Waals surface area contributed by atoms with Gasteiger partial charge in [-0.3, -0.25) is 9.47 Å². The number of aromatic nitrogens is 3. The minimum absolute atomic E-state index is 0.739. The third-order valence-corrected chi connectivity index (χ3v) is 3.69. The summed E-state index contributed by atoms with van der Waals surface area (Å²) in [5, 5.41) is 7.30. The minimum atomic E-state index is 0.739. The second-order valence-electron chi connectivity index (χ2n) is 4.81. The maximum absolute atomic E-state index is 5.28. The summed E-state index contributed by atoms with van der Waals surface area (Å²) in [6.45, 7) is 10.9. The molecule has 2 heterocycles. The van der Waals surface area contributed by atoms with Gasteiger partial charge < -0.3 is 4.90 Å². The molecule has 0 spiro atoms. The third-order valence-electron chi connectivity index (χ3n) is 3.38. The van der Waals surface area contributed by atoms with Gasteiger partial charge in [0.25, 0.3) is 0 Å². The lowest BCUT2D eigenvalue weighted by Crippen LogP contribution is -2.47. The molecule has 1 aromatic rings. The first-order valence-corrected chi connectivity index (χ1v) is 7.29. The lowest BCUT2D eigenvalue weighted by molar-refractivity contribution is 0.256. The molecule has 0 aromatic carbocycles. The summed E-state index contributed by atoms with van der Waals surface area (Å²) in [6.07, 6.45) is 2.31. The summed E-state index contributed by atoms with van der Waals surface area (Å²) in [5.74, 6) is 1.01. The van der Waals surface area contributed by atoms with E-state index in [-0.39, 0.29) is 0 Å². The van der Waals surface area contributed by atoms with Crippen LogP contribution in [0.5, 0.6) is 0 Å². The van der Waals surface area contributed by atoms with Crippen molar-refractivity contribution in [2.45, 2.75) is 33.2 Å². The molecule has 1 fully saturated rings. The monoisotopic (exact) mass is 269 g/mol. The average molecular weight is 269 g/mol.